The zero-order valence-corrected chi connectivity index (χ0v) is 10.6. The Labute approximate surface area is 105 Å². The van der Waals surface area contributed by atoms with Crippen molar-refractivity contribution in [2.24, 2.45) is 0 Å². The Balaban J connectivity index is 2.34. The lowest BCUT2D eigenvalue weighted by atomic mass is 10.1. The largest absolute Gasteiger partial charge is 0.460 e. The minimum atomic E-state index is -0.434. The molecule has 0 saturated carbocycles. The minimum absolute atomic E-state index is 0.232. The summed E-state index contributed by atoms with van der Waals surface area (Å²) in [5.41, 5.74) is 1.62. The first-order chi connectivity index (χ1) is 8.76. The second-order valence-corrected chi connectivity index (χ2v) is 3.80. The first kappa shape index (κ1) is 12.6. The van der Waals surface area contributed by atoms with Crippen LogP contribution in [0.25, 0.3) is 11.0 Å². The highest BCUT2D eigenvalue weighted by atomic mass is 16.5. The predicted octanol–water partition coefficient (Wildman–Crippen LogP) is 3.15. The molecule has 0 atom stereocenters. The molecule has 2 aromatic rings. The normalized spacial score (nSPS) is 10.8. The molecule has 4 heteroatoms. The minimum Gasteiger partial charge on any atom is -0.460 e. The van der Waals surface area contributed by atoms with Crippen molar-refractivity contribution in [3.8, 4) is 0 Å². The van der Waals surface area contributed by atoms with Crippen molar-refractivity contribution in [3.63, 3.8) is 0 Å². The first-order valence-corrected chi connectivity index (χ1v) is 6.02. The molecule has 0 spiro atoms. The Morgan fingerprint density at radius 3 is 2.83 bits per heavy atom. The average Bonchev–Trinajstić information content (AvgIpc) is 2.81. The summed E-state index contributed by atoms with van der Waals surface area (Å²) in [5, 5.41) is 0.884. The molecule has 0 N–H and O–H groups in total. The Kier molecular flexibility index (Phi) is 3.99. The second kappa shape index (κ2) is 5.69. The van der Waals surface area contributed by atoms with Gasteiger partial charge in [0, 0.05) is 17.6 Å². The number of esters is 1. The smallest absolute Gasteiger partial charge is 0.374 e. The van der Waals surface area contributed by atoms with Gasteiger partial charge in [0.15, 0.2) is 0 Å². The maximum Gasteiger partial charge on any atom is 0.374 e. The number of furan rings is 1. The molecule has 1 heterocycles. The number of hydrogen-bond donors (Lipinski definition) is 0. The maximum absolute atomic E-state index is 11.6. The molecule has 0 fully saturated rings. The summed E-state index contributed by atoms with van der Waals surface area (Å²) in [6.45, 7) is 5.15. The number of rotatable bonds is 5. The summed E-state index contributed by atoms with van der Waals surface area (Å²) in [7, 11) is 0. The lowest BCUT2D eigenvalue weighted by molar-refractivity contribution is 0.0492. The fraction of sp³-hybridized carbons (Fsp3) is 0.357. The van der Waals surface area contributed by atoms with E-state index in [9.17, 15) is 4.79 Å². The molecule has 1 aromatic carbocycles. The van der Waals surface area contributed by atoms with E-state index in [1.807, 2.05) is 25.1 Å². The first-order valence-electron chi connectivity index (χ1n) is 6.02. The van der Waals surface area contributed by atoms with Crippen molar-refractivity contribution < 1.29 is 18.7 Å². The number of fused-ring (bicyclic) bond motifs is 1. The Hall–Kier alpha value is -1.81. The zero-order valence-electron chi connectivity index (χ0n) is 10.6. The van der Waals surface area contributed by atoms with E-state index < -0.39 is 5.97 Å². The van der Waals surface area contributed by atoms with Crippen molar-refractivity contribution in [3.05, 3.63) is 35.6 Å². The Morgan fingerprint density at radius 1 is 1.28 bits per heavy atom. The quantitative estimate of drug-likeness (QED) is 0.763. The van der Waals surface area contributed by atoms with Gasteiger partial charge in [-0.1, -0.05) is 18.2 Å². The topological polar surface area (TPSA) is 48.7 Å². The number of carbonyl (C=O) groups is 1. The number of para-hydroxylation sites is 1. The lowest BCUT2D eigenvalue weighted by Gasteiger charge is -2.01. The van der Waals surface area contributed by atoms with Gasteiger partial charge in [-0.2, -0.15) is 0 Å². The third-order valence-corrected chi connectivity index (χ3v) is 2.56. The number of benzene rings is 1. The van der Waals surface area contributed by atoms with Gasteiger partial charge in [0.05, 0.1) is 13.2 Å². The highest BCUT2D eigenvalue weighted by molar-refractivity contribution is 5.93. The van der Waals surface area contributed by atoms with Crippen molar-refractivity contribution in [2.75, 3.05) is 13.2 Å². The summed E-state index contributed by atoms with van der Waals surface area (Å²) < 4.78 is 15.8. The SMILES string of the molecule is CCOCc1cccc2cc(C(=O)OCC)oc12. The molecule has 18 heavy (non-hydrogen) atoms. The van der Waals surface area contributed by atoms with E-state index in [0.29, 0.717) is 25.4 Å². The van der Waals surface area contributed by atoms with E-state index in [1.54, 1.807) is 13.0 Å². The molecule has 0 radical (unpaired) electrons. The van der Waals surface area contributed by atoms with E-state index in [2.05, 4.69) is 0 Å². The van der Waals surface area contributed by atoms with Crippen LogP contribution >= 0.6 is 0 Å². The van der Waals surface area contributed by atoms with Crippen molar-refractivity contribution in [1.29, 1.82) is 0 Å². The van der Waals surface area contributed by atoms with Gasteiger partial charge in [0.2, 0.25) is 5.76 Å². The van der Waals surface area contributed by atoms with E-state index in [1.165, 1.54) is 0 Å². The monoisotopic (exact) mass is 248 g/mol. The molecular formula is C14H16O4. The summed E-state index contributed by atoms with van der Waals surface area (Å²) in [6, 6.07) is 7.44. The van der Waals surface area contributed by atoms with Crippen LogP contribution in [0.4, 0.5) is 0 Å². The maximum atomic E-state index is 11.6. The van der Waals surface area contributed by atoms with Gasteiger partial charge in [-0.25, -0.2) is 4.79 Å². The van der Waals surface area contributed by atoms with Gasteiger partial charge in [-0.3, -0.25) is 0 Å². The molecule has 0 bridgehead atoms. The van der Waals surface area contributed by atoms with Crippen molar-refractivity contribution in [1.82, 2.24) is 0 Å². The number of hydrogen-bond acceptors (Lipinski definition) is 4. The zero-order chi connectivity index (χ0) is 13.0. The highest BCUT2D eigenvalue weighted by Crippen LogP contribution is 2.24. The van der Waals surface area contributed by atoms with Crippen LogP contribution in [0.5, 0.6) is 0 Å². The third kappa shape index (κ3) is 2.54. The van der Waals surface area contributed by atoms with E-state index in [0.717, 1.165) is 10.9 Å². The second-order valence-electron chi connectivity index (χ2n) is 3.80. The molecule has 0 aliphatic carbocycles. The predicted molar refractivity (Wildman–Crippen MR) is 67.5 cm³/mol. The molecule has 0 amide bonds. The van der Waals surface area contributed by atoms with Crippen LogP contribution in [0.2, 0.25) is 0 Å². The summed E-state index contributed by atoms with van der Waals surface area (Å²) >= 11 is 0. The lowest BCUT2D eigenvalue weighted by Crippen LogP contribution is -2.02. The molecule has 0 aliphatic rings. The van der Waals surface area contributed by atoms with E-state index in [-0.39, 0.29) is 5.76 Å². The highest BCUT2D eigenvalue weighted by Gasteiger charge is 2.14. The van der Waals surface area contributed by atoms with Gasteiger partial charge in [-0.05, 0) is 19.9 Å². The van der Waals surface area contributed by atoms with Gasteiger partial charge < -0.3 is 13.9 Å². The average molecular weight is 248 g/mol. The standard InChI is InChI=1S/C14H16O4/c1-3-16-9-11-7-5-6-10-8-12(18-13(10)11)14(15)17-4-2/h5-8H,3-4,9H2,1-2H3. The van der Waals surface area contributed by atoms with Crippen molar-refractivity contribution in [2.45, 2.75) is 20.5 Å². The van der Waals surface area contributed by atoms with Gasteiger partial charge in [-0.15, -0.1) is 0 Å². The summed E-state index contributed by atoms with van der Waals surface area (Å²) in [5.74, 6) is -0.202. The summed E-state index contributed by atoms with van der Waals surface area (Å²) in [6.07, 6.45) is 0. The summed E-state index contributed by atoms with van der Waals surface area (Å²) in [4.78, 5) is 11.6. The van der Waals surface area contributed by atoms with E-state index in [4.69, 9.17) is 13.9 Å². The molecule has 0 unspecified atom stereocenters. The fourth-order valence-electron chi connectivity index (χ4n) is 1.75. The number of ether oxygens (including phenoxy) is 2. The third-order valence-electron chi connectivity index (χ3n) is 2.56. The van der Waals surface area contributed by atoms with Crippen LogP contribution in [0.15, 0.2) is 28.7 Å². The van der Waals surface area contributed by atoms with E-state index >= 15 is 0 Å². The van der Waals surface area contributed by atoms with Gasteiger partial charge >= 0.3 is 5.97 Å². The van der Waals surface area contributed by atoms with Crippen LogP contribution in [-0.4, -0.2) is 19.2 Å². The van der Waals surface area contributed by atoms with Gasteiger partial charge in [0.1, 0.15) is 5.58 Å². The molecule has 1 aromatic heterocycles. The molecule has 96 valence electrons. The Morgan fingerprint density at radius 2 is 2.11 bits per heavy atom. The molecule has 0 aliphatic heterocycles. The molecule has 2 rings (SSSR count). The fourth-order valence-corrected chi connectivity index (χ4v) is 1.75. The van der Waals surface area contributed by atoms with Gasteiger partial charge in [0.25, 0.3) is 0 Å². The van der Waals surface area contributed by atoms with Crippen LogP contribution in [0.3, 0.4) is 0 Å². The number of carbonyl (C=O) groups excluding carboxylic acids is 1. The Bertz CT molecular complexity index is 542. The molecular weight excluding hydrogens is 232 g/mol. The van der Waals surface area contributed by atoms with Crippen LogP contribution in [0, 0.1) is 0 Å². The van der Waals surface area contributed by atoms with Crippen molar-refractivity contribution >= 4 is 16.9 Å². The molecule has 0 saturated heterocycles. The van der Waals surface area contributed by atoms with Crippen LogP contribution in [-0.2, 0) is 16.1 Å². The van der Waals surface area contributed by atoms with Crippen LogP contribution < -0.4 is 0 Å². The molecule has 4 nitrogen and oxygen atoms in total. The van der Waals surface area contributed by atoms with Crippen LogP contribution in [0.1, 0.15) is 30.0 Å².